The van der Waals surface area contributed by atoms with E-state index in [0.29, 0.717) is 18.4 Å². The lowest BCUT2D eigenvalue weighted by atomic mass is 9.99. The summed E-state index contributed by atoms with van der Waals surface area (Å²) in [6.45, 7) is 12.2. The third kappa shape index (κ3) is 6.27. The van der Waals surface area contributed by atoms with Gasteiger partial charge in [0.1, 0.15) is 31.0 Å². The molecule has 12 nitrogen and oxygen atoms in total. The molecule has 3 saturated heterocycles. The summed E-state index contributed by atoms with van der Waals surface area (Å²) in [5, 5.41) is 6.45. The molecule has 5 rings (SSSR count). The molecule has 202 valence electrons. The first-order valence-electron chi connectivity index (χ1n) is 12.7. The van der Waals surface area contributed by atoms with Gasteiger partial charge >= 0.3 is 6.01 Å². The van der Waals surface area contributed by atoms with Crippen LogP contribution in [0, 0.1) is 0 Å². The van der Waals surface area contributed by atoms with Gasteiger partial charge in [0, 0.05) is 30.9 Å². The number of nitrogens with one attached hydrogen (secondary N) is 2. The van der Waals surface area contributed by atoms with E-state index in [4.69, 9.17) is 28.4 Å². The molecular formula is C25H36N6O6. The molecule has 5 atom stereocenters. The largest absolute Gasteiger partial charge is 0.460 e. The van der Waals surface area contributed by atoms with Crippen LogP contribution in [0.2, 0.25) is 0 Å². The molecule has 5 heterocycles. The lowest BCUT2D eigenvalue weighted by Gasteiger charge is -2.36. The fourth-order valence-electron chi connectivity index (χ4n) is 4.66. The average Bonchev–Trinajstić information content (AvgIpc) is 3.31. The van der Waals surface area contributed by atoms with Crippen LogP contribution in [0.15, 0.2) is 24.4 Å². The Bertz CT molecular complexity index is 1070. The number of hydrogen-bond donors (Lipinski definition) is 2. The van der Waals surface area contributed by atoms with Gasteiger partial charge in [-0.15, -0.1) is 0 Å². The Morgan fingerprint density at radius 3 is 2.41 bits per heavy atom. The SMILES string of the molecule is CC(C)Nc1nc(NCCc2ccccn2)nc(OC[C@H]2O[C@@H]3OC(C)(C)O[C@@H]3[C@H]3OC(C)(C)O[C@H]32)n1. The number of fused-ring (bicyclic) bond motifs is 3. The maximum atomic E-state index is 6.23. The van der Waals surface area contributed by atoms with Gasteiger partial charge in [-0.05, 0) is 53.7 Å². The van der Waals surface area contributed by atoms with E-state index in [1.165, 1.54) is 0 Å². The van der Waals surface area contributed by atoms with Crippen LogP contribution in [0.5, 0.6) is 6.01 Å². The predicted octanol–water partition coefficient (Wildman–Crippen LogP) is 2.52. The third-order valence-corrected chi connectivity index (χ3v) is 6.05. The van der Waals surface area contributed by atoms with Crippen LogP contribution < -0.4 is 15.4 Å². The topological polar surface area (TPSA) is 131 Å². The van der Waals surface area contributed by atoms with E-state index in [-0.39, 0.29) is 24.8 Å². The maximum absolute atomic E-state index is 6.23. The quantitative estimate of drug-likeness (QED) is 0.508. The molecule has 2 N–H and O–H groups in total. The molecule has 0 radical (unpaired) electrons. The third-order valence-electron chi connectivity index (χ3n) is 6.05. The molecular weight excluding hydrogens is 480 g/mol. The fourth-order valence-corrected chi connectivity index (χ4v) is 4.66. The zero-order valence-corrected chi connectivity index (χ0v) is 22.1. The monoisotopic (exact) mass is 516 g/mol. The highest BCUT2D eigenvalue weighted by atomic mass is 16.9. The van der Waals surface area contributed by atoms with Crippen molar-refractivity contribution in [2.75, 3.05) is 23.8 Å². The van der Waals surface area contributed by atoms with Crippen LogP contribution in [-0.2, 0) is 30.1 Å². The molecule has 0 aromatic carbocycles. The van der Waals surface area contributed by atoms with Gasteiger partial charge in [-0.3, -0.25) is 4.98 Å². The first-order valence-corrected chi connectivity index (χ1v) is 12.7. The highest BCUT2D eigenvalue weighted by molar-refractivity contribution is 5.36. The van der Waals surface area contributed by atoms with Gasteiger partial charge in [0.05, 0.1) is 0 Å². The van der Waals surface area contributed by atoms with Crippen molar-refractivity contribution in [3.8, 4) is 6.01 Å². The molecule has 3 aliphatic rings. The van der Waals surface area contributed by atoms with Crippen molar-refractivity contribution in [1.82, 2.24) is 19.9 Å². The summed E-state index contributed by atoms with van der Waals surface area (Å²) in [5.74, 6) is -0.748. The van der Waals surface area contributed by atoms with Crippen LogP contribution in [-0.4, -0.2) is 81.4 Å². The van der Waals surface area contributed by atoms with Crippen LogP contribution >= 0.6 is 0 Å². The van der Waals surface area contributed by atoms with E-state index < -0.39 is 36.2 Å². The van der Waals surface area contributed by atoms with Gasteiger partial charge < -0.3 is 39.1 Å². The molecule has 0 aliphatic carbocycles. The van der Waals surface area contributed by atoms with E-state index >= 15 is 0 Å². The van der Waals surface area contributed by atoms with Crippen molar-refractivity contribution in [1.29, 1.82) is 0 Å². The molecule has 0 bridgehead atoms. The van der Waals surface area contributed by atoms with E-state index in [9.17, 15) is 0 Å². The Labute approximate surface area is 216 Å². The Balaban J connectivity index is 1.28. The fraction of sp³-hybridized carbons (Fsp3) is 0.680. The van der Waals surface area contributed by atoms with Crippen LogP contribution in [0.3, 0.4) is 0 Å². The lowest BCUT2D eigenvalue weighted by molar-refractivity contribution is -0.238. The molecule has 0 spiro atoms. The Hall–Kier alpha value is -2.64. The summed E-state index contributed by atoms with van der Waals surface area (Å²) in [5.41, 5.74) is 0.978. The van der Waals surface area contributed by atoms with Gasteiger partial charge in [0.15, 0.2) is 17.9 Å². The average molecular weight is 517 g/mol. The highest BCUT2D eigenvalue weighted by Crippen LogP contribution is 2.44. The summed E-state index contributed by atoms with van der Waals surface area (Å²) in [7, 11) is 0. The molecule has 0 unspecified atom stereocenters. The minimum Gasteiger partial charge on any atom is -0.460 e. The molecule has 3 aliphatic heterocycles. The standard InChI is InChI=1S/C25H36N6O6/c1-14(2)28-22-29-21(27-12-10-15-9-7-8-11-26-15)30-23(31-22)32-13-16-17-18(35-24(3,4)34-17)19-20(33-16)37-25(5,6)36-19/h7-9,11,14,16-20H,10,12-13H2,1-6H3,(H2,27,28,29,30,31)/t16-,17+,18+,19-,20-/m1/s1. The zero-order valence-electron chi connectivity index (χ0n) is 22.1. The Kier molecular flexibility index (Phi) is 7.20. The summed E-state index contributed by atoms with van der Waals surface area (Å²) in [6, 6.07) is 6.14. The van der Waals surface area contributed by atoms with Gasteiger partial charge in [-0.25, -0.2) is 0 Å². The number of anilines is 2. The van der Waals surface area contributed by atoms with Crippen molar-refractivity contribution in [2.24, 2.45) is 0 Å². The van der Waals surface area contributed by atoms with Crippen molar-refractivity contribution in [3.63, 3.8) is 0 Å². The highest BCUT2D eigenvalue weighted by Gasteiger charge is 2.60. The zero-order chi connectivity index (χ0) is 26.2. The number of aromatic nitrogens is 4. The number of ether oxygens (including phenoxy) is 6. The van der Waals surface area contributed by atoms with Crippen LogP contribution in [0.4, 0.5) is 11.9 Å². The Morgan fingerprint density at radius 1 is 0.919 bits per heavy atom. The second-order valence-corrected chi connectivity index (χ2v) is 10.6. The van der Waals surface area contributed by atoms with E-state index in [1.807, 2.05) is 59.7 Å². The smallest absolute Gasteiger partial charge is 0.323 e. The summed E-state index contributed by atoms with van der Waals surface area (Å²) in [4.78, 5) is 17.7. The van der Waals surface area contributed by atoms with E-state index in [1.54, 1.807) is 6.20 Å². The van der Waals surface area contributed by atoms with Gasteiger partial charge in [0.2, 0.25) is 11.9 Å². The van der Waals surface area contributed by atoms with Crippen molar-refractivity contribution >= 4 is 11.9 Å². The molecule has 12 heteroatoms. The normalized spacial score (nSPS) is 29.5. The Morgan fingerprint density at radius 2 is 1.65 bits per heavy atom. The number of hydrogen-bond acceptors (Lipinski definition) is 12. The van der Waals surface area contributed by atoms with Gasteiger partial charge in [-0.1, -0.05) is 6.07 Å². The number of pyridine rings is 1. The van der Waals surface area contributed by atoms with E-state index in [2.05, 4.69) is 30.6 Å². The molecule has 0 saturated carbocycles. The summed E-state index contributed by atoms with van der Waals surface area (Å²) < 4.78 is 36.7. The predicted molar refractivity (Wildman–Crippen MR) is 133 cm³/mol. The van der Waals surface area contributed by atoms with E-state index in [0.717, 1.165) is 12.1 Å². The van der Waals surface area contributed by atoms with Gasteiger partial charge in [-0.2, -0.15) is 15.0 Å². The number of nitrogens with zero attached hydrogens (tertiary/aromatic N) is 4. The summed E-state index contributed by atoms with van der Waals surface area (Å²) >= 11 is 0. The van der Waals surface area contributed by atoms with Crippen molar-refractivity contribution < 1.29 is 28.4 Å². The molecule has 3 fully saturated rings. The second kappa shape index (κ2) is 10.3. The molecule has 2 aromatic heterocycles. The molecule has 37 heavy (non-hydrogen) atoms. The maximum Gasteiger partial charge on any atom is 0.323 e. The van der Waals surface area contributed by atoms with Crippen molar-refractivity contribution in [3.05, 3.63) is 30.1 Å². The first kappa shape index (κ1) is 26.0. The van der Waals surface area contributed by atoms with Crippen LogP contribution in [0.1, 0.15) is 47.2 Å². The number of rotatable bonds is 9. The minimum absolute atomic E-state index is 0.130. The molecule has 0 amide bonds. The summed E-state index contributed by atoms with van der Waals surface area (Å²) in [6.07, 6.45) is 0.269. The first-order chi connectivity index (χ1) is 17.6. The van der Waals surface area contributed by atoms with Gasteiger partial charge in [0.25, 0.3) is 0 Å². The lowest BCUT2D eigenvalue weighted by Crippen LogP contribution is -2.56. The minimum atomic E-state index is -0.785. The van der Waals surface area contributed by atoms with Crippen LogP contribution in [0.25, 0.3) is 0 Å². The van der Waals surface area contributed by atoms with Crippen molar-refractivity contribution in [2.45, 2.75) is 96.3 Å². The second-order valence-electron chi connectivity index (χ2n) is 10.6. The molecule has 2 aromatic rings.